The van der Waals surface area contributed by atoms with E-state index in [0.29, 0.717) is 11.3 Å². The van der Waals surface area contributed by atoms with Gasteiger partial charge >= 0.3 is 0 Å². The molecule has 2 atom stereocenters. The molecule has 1 heterocycles. The maximum atomic E-state index is 13.0. The van der Waals surface area contributed by atoms with E-state index in [1.807, 2.05) is 6.92 Å². The van der Waals surface area contributed by atoms with E-state index in [4.69, 9.17) is 0 Å². The van der Waals surface area contributed by atoms with E-state index in [1.54, 1.807) is 48.5 Å². The number of rotatable bonds is 2. The van der Waals surface area contributed by atoms with Crippen LogP contribution in [0.3, 0.4) is 0 Å². The molecule has 1 aliphatic heterocycles. The molecule has 0 fully saturated rings. The van der Waals surface area contributed by atoms with Crippen molar-refractivity contribution in [2.75, 3.05) is 10.8 Å². The van der Waals surface area contributed by atoms with Crippen LogP contribution in [0.15, 0.2) is 53.4 Å². The molecule has 0 bridgehead atoms. The van der Waals surface area contributed by atoms with Crippen LogP contribution < -0.4 is 4.31 Å². The average Bonchev–Trinajstić information content (AvgIpc) is 2.66. The topological polar surface area (TPSA) is 77.8 Å². The van der Waals surface area contributed by atoms with Gasteiger partial charge in [-0.1, -0.05) is 35.9 Å². The number of hydrogen-bond acceptors (Lipinski definition) is 4. The second kappa shape index (κ2) is 5.96. The van der Waals surface area contributed by atoms with Gasteiger partial charge in [0.15, 0.2) is 0 Å². The average molecular weight is 333 g/mol. The van der Waals surface area contributed by atoms with Crippen molar-refractivity contribution in [3.8, 4) is 0 Å². The Morgan fingerprint density at radius 1 is 1.04 bits per heavy atom. The number of para-hydroxylation sites is 1. The van der Waals surface area contributed by atoms with Crippen molar-refractivity contribution in [1.82, 2.24) is 0 Å². The number of aryl methyl sites for hydroxylation is 1. The van der Waals surface area contributed by atoms with Crippen molar-refractivity contribution in [3.63, 3.8) is 0 Å². The van der Waals surface area contributed by atoms with E-state index in [9.17, 15) is 18.6 Å². The number of fused-ring (bicyclic) bond motifs is 1. The summed E-state index contributed by atoms with van der Waals surface area (Å²) in [6.07, 6.45) is -1.92. The van der Waals surface area contributed by atoms with Gasteiger partial charge in [0.05, 0.1) is 16.7 Å². The van der Waals surface area contributed by atoms with Crippen LogP contribution in [0.2, 0.25) is 0 Å². The van der Waals surface area contributed by atoms with Crippen LogP contribution in [0.5, 0.6) is 0 Å². The van der Waals surface area contributed by atoms with Crippen LogP contribution in [-0.4, -0.2) is 31.3 Å². The summed E-state index contributed by atoms with van der Waals surface area (Å²) >= 11 is 0. The van der Waals surface area contributed by atoms with Gasteiger partial charge in [0.25, 0.3) is 10.0 Å². The van der Waals surface area contributed by atoms with Crippen LogP contribution in [0.25, 0.3) is 0 Å². The van der Waals surface area contributed by atoms with Gasteiger partial charge < -0.3 is 10.2 Å². The van der Waals surface area contributed by atoms with Gasteiger partial charge in [0.1, 0.15) is 6.10 Å². The minimum absolute atomic E-state index is 0.117. The van der Waals surface area contributed by atoms with Crippen LogP contribution in [0, 0.1) is 6.92 Å². The maximum absolute atomic E-state index is 13.0. The SMILES string of the molecule is Cc1ccc(S(=O)(=O)N2CC[C@@H](O)[C@@H](O)c3ccccc32)cc1. The molecule has 0 unspecified atom stereocenters. The predicted octanol–water partition coefficient (Wildman–Crippen LogP) is 1.99. The van der Waals surface area contributed by atoms with Gasteiger partial charge in [-0.25, -0.2) is 8.42 Å². The van der Waals surface area contributed by atoms with Crippen LogP contribution in [0.1, 0.15) is 23.7 Å². The smallest absolute Gasteiger partial charge is 0.264 e. The summed E-state index contributed by atoms with van der Waals surface area (Å²) in [6.45, 7) is 2.01. The molecule has 2 aromatic rings. The highest BCUT2D eigenvalue weighted by Crippen LogP contribution is 2.36. The first kappa shape index (κ1) is 16.0. The lowest BCUT2D eigenvalue weighted by molar-refractivity contribution is 0.0177. The number of aliphatic hydroxyl groups excluding tert-OH is 2. The minimum Gasteiger partial charge on any atom is -0.390 e. The summed E-state index contributed by atoms with van der Waals surface area (Å²) in [5.41, 5.74) is 1.82. The molecule has 3 rings (SSSR count). The molecule has 0 aliphatic carbocycles. The Bertz CT molecular complexity index is 802. The van der Waals surface area contributed by atoms with Gasteiger partial charge in [-0.2, -0.15) is 0 Å². The molecule has 122 valence electrons. The summed E-state index contributed by atoms with van der Waals surface area (Å²) in [4.78, 5) is 0.198. The number of benzene rings is 2. The third-order valence-corrected chi connectivity index (χ3v) is 5.95. The monoisotopic (exact) mass is 333 g/mol. The lowest BCUT2D eigenvalue weighted by Gasteiger charge is -2.24. The zero-order valence-corrected chi connectivity index (χ0v) is 13.6. The van der Waals surface area contributed by atoms with Crippen molar-refractivity contribution in [1.29, 1.82) is 0 Å². The minimum atomic E-state index is -3.75. The molecule has 5 nitrogen and oxygen atoms in total. The van der Waals surface area contributed by atoms with E-state index >= 15 is 0 Å². The second-order valence-electron chi connectivity index (χ2n) is 5.75. The molecule has 23 heavy (non-hydrogen) atoms. The second-order valence-corrected chi connectivity index (χ2v) is 7.61. The highest BCUT2D eigenvalue weighted by molar-refractivity contribution is 7.92. The molecular weight excluding hydrogens is 314 g/mol. The normalized spacial score (nSPS) is 21.6. The number of hydrogen-bond donors (Lipinski definition) is 2. The van der Waals surface area contributed by atoms with E-state index in [-0.39, 0.29) is 17.9 Å². The van der Waals surface area contributed by atoms with Crippen LogP contribution >= 0.6 is 0 Å². The lowest BCUT2D eigenvalue weighted by atomic mass is 10.0. The zero-order valence-electron chi connectivity index (χ0n) is 12.8. The molecule has 0 spiro atoms. The molecule has 0 radical (unpaired) electrons. The zero-order chi connectivity index (χ0) is 16.6. The van der Waals surface area contributed by atoms with E-state index in [0.717, 1.165) is 5.56 Å². The Kier molecular flexibility index (Phi) is 4.14. The van der Waals surface area contributed by atoms with E-state index in [1.165, 1.54) is 4.31 Å². The molecule has 0 saturated heterocycles. The van der Waals surface area contributed by atoms with Crippen LogP contribution in [0.4, 0.5) is 5.69 Å². The predicted molar refractivity (Wildman–Crippen MR) is 87.7 cm³/mol. The molecule has 1 aliphatic rings. The van der Waals surface area contributed by atoms with E-state index in [2.05, 4.69) is 0 Å². The first-order valence-corrected chi connectivity index (χ1v) is 8.90. The van der Waals surface area contributed by atoms with Crippen LogP contribution in [-0.2, 0) is 10.0 Å². The molecule has 6 heteroatoms. The molecule has 2 aromatic carbocycles. The number of sulfonamides is 1. The summed E-state index contributed by atoms with van der Waals surface area (Å²) in [6, 6.07) is 13.4. The van der Waals surface area contributed by atoms with E-state index < -0.39 is 22.2 Å². The summed E-state index contributed by atoms with van der Waals surface area (Å²) < 4.78 is 27.3. The Morgan fingerprint density at radius 3 is 2.39 bits per heavy atom. The Balaban J connectivity index is 2.12. The van der Waals surface area contributed by atoms with Crippen molar-refractivity contribution in [3.05, 3.63) is 59.7 Å². The van der Waals surface area contributed by atoms with Gasteiger partial charge in [0, 0.05) is 12.1 Å². The van der Waals surface area contributed by atoms with Crippen molar-refractivity contribution >= 4 is 15.7 Å². The largest absolute Gasteiger partial charge is 0.390 e. The fourth-order valence-electron chi connectivity index (χ4n) is 2.79. The highest BCUT2D eigenvalue weighted by atomic mass is 32.2. The summed E-state index contributed by atoms with van der Waals surface area (Å²) in [5.74, 6) is 0. The summed E-state index contributed by atoms with van der Waals surface area (Å²) in [7, 11) is -3.75. The third-order valence-electron chi connectivity index (χ3n) is 4.13. The standard InChI is InChI=1S/C17H19NO4S/c1-12-6-8-13(9-7-12)23(21,22)18-11-10-16(19)17(20)14-4-2-3-5-15(14)18/h2-9,16-17,19-20H,10-11H2,1H3/t16-,17+/m1/s1. The maximum Gasteiger partial charge on any atom is 0.264 e. The number of aliphatic hydroxyl groups is 2. The van der Waals surface area contributed by atoms with Gasteiger partial charge in [-0.15, -0.1) is 0 Å². The number of anilines is 1. The third kappa shape index (κ3) is 2.85. The molecule has 2 N–H and O–H groups in total. The van der Waals surface area contributed by atoms with Gasteiger partial charge in [0.2, 0.25) is 0 Å². The Morgan fingerprint density at radius 2 is 1.70 bits per heavy atom. The fraction of sp³-hybridized carbons (Fsp3) is 0.294. The summed E-state index contributed by atoms with van der Waals surface area (Å²) in [5, 5.41) is 20.3. The van der Waals surface area contributed by atoms with Crippen molar-refractivity contribution in [2.24, 2.45) is 0 Å². The van der Waals surface area contributed by atoms with Gasteiger partial charge in [-0.3, -0.25) is 4.31 Å². The highest BCUT2D eigenvalue weighted by Gasteiger charge is 2.33. The molecular formula is C17H19NO4S. The lowest BCUT2D eigenvalue weighted by Crippen LogP contribution is -2.32. The van der Waals surface area contributed by atoms with Crippen molar-refractivity contribution < 1.29 is 18.6 Å². The fourth-order valence-corrected chi connectivity index (χ4v) is 4.29. The Labute approximate surface area is 135 Å². The Hall–Kier alpha value is -1.89. The molecule has 0 saturated carbocycles. The quantitative estimate of drug-likeness (QED) is 0.881. The molecule has 0 amide bonds. The first-order chi connectivity index (χ1) is 10.9. The number of nitrogens with zero attached hydrogens (tertiary/aromatic N) is 1. The van der Waals surface area contributed by atoms with Crippen molar-refractivity contribution in [2.45, 2.75) is 30.4 Å². The first-order valence-electron chi connectivity index (χ1n) is 7.46. The molecule has 0 aromatic heterocycles. The van der Waals surface area contributed by atoms with Gasteiger partial charge in [-0.05, 0) is 31.5 Å².